The molecule has 1 N–H and O–H groups in total. The molecule has 1 aromatic rings. The summed E-state index contributed by atoms with van der Waals surface area (Å²) in [5.74, 6) is 0.233. The Morgan fingerprint density at radius 3 is 2.72 bits per heavy atom. The van der Waals surface area contributed by atoms with Crippen molar-refractivity contribution in [1.82, 2.24) is 9.88 Å². The van der Waals surface area contributed by atoms with Gasteiger partial charge in [0.1, 0.15) is 0 Å². The number of halogens is 1. The van der Waals surface area contributed by atoms with Gasteiger partial charge in [-0.15, -0.1) is 11.6 Å². The third-order valence-electron chi connectivity index (χ3n) is 2.61. The smallest absolute Gasteiger partial charge is 0.323 e. The van der Waals surface area contributed by atoms with Gasteiger partial charge < -0.3 is 15.4 Å². The van der Waals surface area contributed by atoms with E-state index in [1.54, 1.807) is 0 Å². The Morgan fingerprint density at radius 2 is 2.17 bits per heavy atom. The molecule has 0 spiro atoms. The molecular weight excluding hydrogens is 258 g/mol. The molecule has 1 amide bonds. The van der Waals surface area contributed by atoms with Gasteiger partial charge in [0.2, 0.25) is 0 Å². The zero-order valence-corrected chi connectivity index (χ0v) is 10.9. The fourth-order valence-corrected chi connectivity index (χ4v) is 1.79. The van der Waals surface area contributed by atoms with Crippen LogP contribution in [0.15, 0.2) is 12.1 Å². The van der Waals surface area contributed by atoms with Crippen LogP contribution in [-0.4, -0.2) is 27.8 Å². The highest BCUT2D eigenvalue weighted by molar-refractivity contribution is 6.17. The number of aromatic nitrogens is 1. The van der Waals surface area contributed by atoms with Crippen molar-refractivity contribution >= 4 is 23.3 Å². The van der Waals surface area contributed by atoms with E-state index in [-0.39, 0.29) is 11.7 Å². The molecule has 6 nitrogen and oxygen atoms in total. The van der Waals surface area contributed by atoms with Crippen LogP contribution in [0.5, 0.6) is 0 Å². The molecular formula is C11H16ClN3O3. The summed E-state index contributed by atoms with van der Waals surface area (Å²) in [5.41, 5.74) is 0.291. The molecule has 7 heteroatoms. The predicted octanol–water partition coefficient (Wildman–Crippen LogP) is 2.07. The molecule has 100 valence electrons. The van der Waals surface area contributed by atoms with Crippen molar-refractivity contribution in [3.8, 4) is 0 Å². The van der Waals surface area contributed by atoms with Crippen LogP contribution in [0.2, 0.25) is 0 Å². The van der Waals surface area contributed by atoms with E-state index < -0.39 is 4.92 Å². The second-order valence-electron chi connectivity index (χ2n) is 3.90. The van der Waals surface area contributed by atoms with E-state index in [0.29, 0.717) is 18.1 Å². The summed E-state index contributed by atoms with van der Waals surface area (Å²) in [5, 5.41) is 13.4. The summed E-state index contributed by atoms with van der Waals surface area (Å²) in [4.78, 5) is 21.9. The van der Waals surface area contributed by atoms with Crippen molar-refractivity contribution in [2.75, 3.05) is 12.4 Å². The average molecular weight is 274 g/mol. The molecule has 0 aliphatic rings. The molecule has 0 unspecified atom stereocenters. The number of unbranched alkanes of at least 4 members (excludes halogenated alkanes) is 2. The minimum Gasteiger partial charge on any atom is -0.358 e. The van der Waals surface area contributed by atoms with Crippen molar-refractivity contribution in [2.45, 2.75) is 19.3 Å². The van der Waals surface area contributed by atoms with Crippen molar-refractivity contribution in [3.05, 3.63) is 27.9 Å². The van der Waals surface area contributed by atoms with Crippen molar-refractivity contribution in [1.29, 1.82) is 0 Å². The lowest BCUT2D eigenvalue weighted by atomic mass is 10.2. The van der Waals surface area contributed by atoms with Crippen molar-refractivity contribution < 1.29 is 9.72 Å². The van der Waals surface area contributed by atoms with E-state index in [1.165, 1.54) is 23.7 Å². The summed E-state index contributed by atoms with van der Waals surface area (Å²) in [6, 6.07) is 2.77. The van der Waals surface area contributed by atoms with Crippen LogP contribution in [0.25, 0.3) is 0 Å². The third-order valence-corrected chi connectivity index (χ3v) is 2.88. The number of alkyl halides is 1. The van der Waals surface area contributed by atoms with Gasteiger partial charge in [0.25, 0.3) is 5.91 Å². The van der Waals surface area contributed by atoms with E-state index in [0.717, 1.165) is 19.3 Å². The van der Waals surface area contributed by atoms with Gasteiger partial charge in [0.05, 0.1) is 7.05 Å². The third kappa shape index (κ3) is 3.73. The number of carbonyl (C=O) groups is 1. The molecule has 0 bridgehead atoms. The maximum Gasteiger partial charge on any atom is 0.323 e. The van der Waals surface area contributed by atoms with Crippen LogP contribution >= 0.6 is 11.6 Å². The lowest BCUT2D eigenvalue weighted by molar-refractivity contribution is -0.391. The number of hydrogen-bond donors (Lipinski definition) is 1. The van der Waals surface area contributed by atoms with E-state index >= 15 is 0 Å². The van der Waals surface area contributed by atoms with Crippen molar-refractivity contribution in [3.63, 3.8) is 0 Å². The number of rotatable bonds is 7. The van der Waals surface area contributed by atoms with E-state index in [9.17, 15) is 14.9 Å². The largest absolute Gasteiger partial charge is 0.358 e. The summed E-state index contributed by atoms with van der Waals surface area (Å²) in [7, 11) is 1.50. The van der Waals surface area contributed by atoms with Crippen molar-refractivity contribution in [2.24, 2.45) is 7.05 Å². The fourth-order valence-electron chi connectivity index (χ4n) is 1.60. The Balaban J connectivity index is 2.49. The first-order chi connectivity index (χ1) is 8.57. The highest BCUT2D eigenvalue weighted by Crippen LogP contribution is 2.14. The first-order valence-corrected chi connectivity index (χ1v) is 6.25. The second-order valence-corrected chi connectivity index (χ2v) is 4.28. The molecule has 0 saturated carbocycles. The summed E-state index contributed by atoms with van der Waals surface area (Å²) in [6.45, 7) is 0.550. The number of carbonyl (C=O) groups excluding carboxylic acids is 1. The van der Waals surface area contributed by atoms with Gasteiger partial charge in [-0.1, -0.05) is 6.42 Å². The highest BCUT2D eigenvalue weighted by atomic mass is 35.5. The summed E-state index contributed by atoms with van der Waals surface area (Å²) < 4.78 is 1.27. The molecule has 1 aromatic heterocycles. The molecule has 0 atom stereocenters. The van der Waals surface area contributed by atoms with Crippen LogP contribution in [-0.2, 0) is 7.05 Å². The molecule has 18 heavy (non-hydrogen) atoms. The van der Waals surface area contributed by atoms with Crippen LogP contribution < -0.4 is 5.32 Å². The fraction of sp³-hybridized carbons (Fsp3) is 0.545. The molecule has 0 aliphatic carbocycles. The quantitative estimate of drug-likeness (QED) is 0.358. The second kappa shape index (κ2) is 7.00. The summed E-state index contributed by atoms with van der Waals surface area (Å²) in [6.07, 6.45) is 2.73. The van der Waals surface area contributed by atoms with Crippen LogP contribution in [0.3, 0.4) is 0 Å². The normalized spacial score (nSPS) is 10.3. The average Bonchev–Trinajstić information content (AvgIpc) is 2.70. The maximum atomic E-state index is 11.8. The zero-order chi connectivity index (χ0) is 13.5. The number of amides is 1. The van der Waals surface area contributed by atoms with E-state index in [2.05, 4.69) is 5.32 Å². The lowest BCUT2D eigenvalue weighted by Crippen LogP contribution is -2.26. The van der Waals surface area contributed by atoms with Gasteiger partial charge in [0.15, 0.2) is 5.69 Å². The van der Waals surface area contributed by atoms with Gasteiger partial charge in [-0.2, -0.15) is 0 Å². The van der Waals surface area contributed by atoms with Crippen LogP contribution in [0.4, 0.5) is 5.82 Å². The molecule has 0 aromatic carbocycles. The number of hydrogen-bond acceptors (Lipinski definition) is 3. The van der Waals surface area contributed by atoms with E-state index in [1.807, 2.05) is 0 Å². The molecule has 1 rings (SSSR count). The van der Waals surface area contributed by atoms with Gasteiger partial charge in [-0.3, -0.25) is 4.79 Å². The first-order valence-electron chi connectivity index (χ1n) is 5.72. The van der Waals surface area contributed by atoms with Gasteiger partial charge in [0, 0.05) is 18.5 Å². The van der Waals surface area contributed by atoms with Crippen LogP contribution in [0.1, 0.15) is 29.8 Å². The molecule has 1 heterocycles. The molecule has 0 saturated heterocycles. The Bertz CT molecular complexity index is 431. The number of nitrogens with zero attached hydrogens (tertiary/aromatic N) is 2. The van der Waals surface area contributed by atoms with Gasteiger partial charge >= 0.3 is 5.82 Å². The SMILES string of the molecule is Cn1c(C(=O)NCCCCCCl)ccc1[N+](=O)[O-]. The Hall–Kier alpha value is -1.56. The number of nitro groups is 1. The minimum absolute atomic E-state index is 0.0951. The standard InChI is InChI=1S/C11H16ClN3O3/c1-14-9(5-6-10(14)15(17)18)11(16)13-8-4-2-3-7-12/h5-6H,2-4,7-8H2,1H3,(H,13,16). The molecule has 0 radical (unpaired) electrons. The maximum absolute atomic E-state index is 11.8. The van der Waals surface area contributed by atoms with Gasteiger partial charge in [-0.25, -0.2) is 4.57 Å². The lowest BCUT2D eigenvalue weighted by Gasteiger charge is -2.03. The first kappa shape index (κ1) is 14.5. The highest BCUT2D eigenvalue weighted by Gasteiger charge is 2.19. The monoisotopic (exact) mass is 273 g/mol. The topological polar surface area (TPSA) is 77.2 Å². The van der Waals surface area contributed by atoms with Crippen LogP contribution in [0, 0.1) is 10.1 Å². The number of nitrogens with one attached hydrogen (secondary N) is 1. The minimum atomic E-state index is -0.517. The Kier molecular flexibility index (Phi) is 5.64. The van der Waals surface area contributed by atoms with E-state index in [4.69, 9.17) is 11.6 Å². The predicted molar refractivity (Wildman–Crippen MR) is 69.0 cm³/mol. The van der Waals surface area contributed by atoms with Gasteiger partial charge in [-0.05, 0) is 23.8 Å². The Labute approximate surface area is 110 Å². The molecule has 0 fully saturated rings. The molecule has 0 aliphatic heterocycles. The zero-order valence-electron chi connectivity index (χ0n) is 10.2. The Morgan fingerprint density at radius 1 is 1.44 bits per heavy atom. The summed E-state index contributed by atoms with van der Waals surface area (Å²) >= 11 is 5.54.